The van der Waals surface area contributed by atoms with Crippen molar-refractivity contribution < 1.29 is 8.42 Å². The third kappa shape index (κ3) is 4.63. The highest BCUT2D eigenvalue weighted by atomic mass is 32.2. The molecular formula is C18H24N4O2S2. The molecule has 2 aromatic rings. The molecule has 0 amide bonds. The topological polar surface area (TPSA) is 73.8 Å². The minimum absolute atomic E-state index is 0.315. The predicted molar refractivity (Wildman–Crippen MR) is 106 cm³/mol. The van der Waals surface area contributed by atoms with Crippen LogP contribution in [0.15, 0.2) is 57.0 Å². The van der Waals surface area contributed by atoms with Crippen molar-refractivity contribution in [1.29, 1.82) is 0 Å². The van der Waals surface area contributed by atoms with Gasteiger partial charge in [0.2, 0.25) is 10.0 Å². The van der Waals surface area contributed by atoms with E-state index in [9.17, 15) is 8.42 Å². The fourth-order valence-corrected chi connectivity index (χ4v) is 5.20. The Morgan fingerprint density at radius 3 is 2.73 bits per heavy atom. The molecular weight excluding hydrogens is 368 g/mol. The number of nitrogens with zero attached hydrogens (tertiary/aromatic N) is 2. The molecule has 140 valence electrons. The van der Waals surface area contributed by atoms with Crippen LogP contribution >= 0.6 is 11.3 Å². The number of likely N-dealkylation sites (tertiary alicyclic amines) is 1. The summed E-state index contributed by atoms with van der Waals surface area (Å²) in [6, 6.07) is 13.9. The predicted octanol–water partition coefficient (Wildman–Crippen LogP) is 2.09. The Hall–Kier alpha value is -1.90. The largest absolute Gasteiger partial charge is 0.355 e. The molecule has 6 nitrogen and oxygen atoms in total. The Kier molecular flexibility index (Phi) is 6.29. The lowest BCUT2D eigenvalue weighted by Crippen LogP contribution is -2.43. The molecule has 3 rings (SSSR count). The van der Waals surface area contributed by atoms with Gasteiger partial charge >= 0.3 is 0 Å². The van der Waals surface area contributed by atoms with Crippen molar-refractivity contribution in [3.63, 3.8) is 0 Å². The van der Waals surface area contributed by atoms with Crippen molar-refractivity contribution in [2.45, 2.75) is 16.5 Å². The zero-order valence-corrected chi connectivity index (χ0v) is 16.4. The second kappa shape index (κ2) is 8.66. The van der Waals surface area contributed by atoms with Crippen molar-refractivity contribution in [1.82, 2.24) is 14.9 Å². The summed E-state index contributed by atoms with van der Waals surface area (Å²) in [5.41, 5.74) is 1.36. The Morgan fingerprint density at radius 1 is 1.23 bits per heavy atom. The summed E-state index contributed by atoms with van der Waals surface area (Å²) in [6.45, 7) is 2.67. The number of hydrogen-bond acceptors (Lipinski definition) is 4. The van der Waals surface area contributed by atoms with Crippen LogP contribution in [0.3, 0.4) is 0 Å². The number of sulfonamides is 1. The van der Waals surface area contributed by atoms with Crippen LogP contribution in [0.2, 0.25) is 0 Å². The number of guanidine groups is 1. The Labute approximate surface area is 159 Å². The van der Waals surface area contributed by atoms with E-state index in [0.717, 1.165) is 25.5 Å². The maximum atomic E-state index is 12.1. The van der Waals surface area contributed by atoms with Gasteiger partial charge in [0.15, 0.2) is 5.96 Å². The van der Waals surface area contributed by atoms with E-state index in [2.05, 4.69) is 44.2 Å². The van der Waals surface area contributed by atoms with Crippen LogP contribution in [-0.2, 0) is 10.0 Å². The van der Waals surface area contributed by atoms with E-state index in [1.807, 2.05) is 6.07 Å². The smallest absolute Gasteiger partial charge is 0.250 e. The third-order valence-electron chi connectivity index (χ3n) is 4.43. The van der Waals surface area contributed by atoms with Gasteiger partial charge in [0.25, 0.3) is 0 Å². The first-order valence-electron chi connectivity index (χ1n) is 8.64. The average molecular weight is 393 g/mol. The van der Waals surface area contributed by atoms with Gasteiger partial charge in [0.05, 0.1) is 0 Å². The number of rotatable bonds is 6. The number of hydrogen-bond donors (Lipinski definition) is 2. The highest BCUT2D eigenvalue weighted by Gasteiger charge is 2.25. The van der Waals surface area contributed by atoms with E-state index in [4.69, 9.17) is 0 Å². The van der Waals surface area contributed by atoms with Crippen molar-refractivity contribution in [3.8, 4) is 0 Å². The Morgan fingerprint density at radius 2 is 2.04 bits per heavy atom. The summed E-state index contributed by atoms with van der Waals surface area (Å²) < 4.78 is 27.1. The minimum Gasteiger partial charge on any atom is -0.355 e. The lowest BCUT2D eigenvalue weighted by molar-refractivity contribution is 0.486. The molecule has 0 saturated carbocycles. The molecule has 1 aliphatic heterocycles. The molecule has 1 aromatic heterocycles. The number of thiophene rings is 1. The number of aliphatic imine (C=N–C) groups is 1. The first-order chi connectivity index (χ1) is 12.6. The van der Waals surface area contributed by atoms with Crippen LogP contribution in [0.5, 0.6) is 0 Å². The molecule has 0 radical (unpaired) electrons. The zero-order chi connectivity index (χ0) is 18.4. The van der Waals surface area contributed by atoms with Crippen LogP contribution in [0.4, 0.5) is 0 Å². The monoisotopic (exact) mass is 392 g/mol. The molecule has 1 fully saturated rings. The molecule has 0 aliphatic carbocycles. The number of nitrogens with one attached hydrogen (secondary N) is 2. The van der Waals surface area contributed by atoms with Gasteiger partial charge in [-0.3, -0.25) is 4.99 Å². The van der Waals surface area contributed by atoms with Gasteiger partial charge in [-0.1, -0.05) is 36.4 Å². The lowest BCUT2D eigenvalue weighted by atomic mass is 9.99. The van der Waals surface area contributed by atoms with E-state index >= 15 is 0 Å². The highest BCUT2D eigenvalue weighted by molar-refractivity contribution is 7.91. The fourth-order valence-electron chi connectivity index (χ4n) is 3.13. The van der Waals surface area contributed by atoms with Crippen LogP contribution in [0.25, 0.3) is 0 Å². The first kappa shape index (κ1) is 18.9. The molecule has 8 heteroatoms. The molecule has 1 saturated heterocycles. The molecule has 1 aromatic carbocycles. The summed E-state index contributed by atoms with van der Waals surface area (Å²) in [6.07, 6.45) is 1.09. The molecule has 0 spiro atoms. The molecule has 1 unspecified atom stereocenters. The maximum absolute atomic E-state index is 12.1. The van der Waals surface area contributed by atoms with Gasteiger partial charge < -0.3 is 10.2 Å². The summed E-state index contributed by atoms with van der Waals surface area (Å²) in [7, 11) is -1.65. The molecule has 0 bridgehead atoms. The average Bonchev–Trinajstić information content (AvgIpc) is 3.35. The van der Waals surface area contributed by atoms with Crippen molar-refractivity contribution in [2.24, 2.45) is 4.99 Å². The normalized spacial score (nSPS) is 18.3. The van der Waals surface area contributed by atoms with Gasteiger partial charge in [-0.2, -0.15) is 0 Å². The molecule has 1 aliphatic rings. The highest BCUT2D eigenvalue weighted by Crippen LogP contribution is 2.26. The minimum atomic E-state index is -3.41. The van der Waals surface area contributed by atoms with E-state index in [0.29, 0.717) is 23.2 Å². The fraction of sp³-hybridized carbons (Fsp3) is 0.389. The second-order valence-electron chi connectivity index (χ2n) is 6.15. The first-order valence-corrected chi connectivity index (χ1v) is 11.0. The lowest BCUT2D eigenvalue weighted by Gasteiger charge is -2.22. The standard InChI is InChI=1S/C18H24N4O2S2/c1-19-18(20-10-11-21-26(23,24)17-8-5-13-25-17)22-12-9-16(14-22)15-6-3-2-4-7-15/h2-8,13,16,21H,9-12,14H2,1H3,(H,19,20). The van der Waals surface area contributed by atoms with E-state index in [1.54, 1.807) is 24.6 Å². The SMILES string of the molecule is CN=C(NCCNS(=O)(=O)c1cccs1)N1CCC(c2ccccc2)C1. The second-order valence-corrected chi connectivity index (χ2v) is 9.09. The summed E-state index contributed by atoms with van der Waals surface area (Å²) >= 11 is 1.21. The molecule has 2 heterocycles. The van der Waals surface area contributed by atoms with Crippen molar-refractivity contribution in [2.75, 3.05) is 33.2 Å². The molecule has 26 heavy (non-hydrogen) atoms. The number of benzene rings is 1. The van der Waals surface area contributed by atoms with Crippen LogP contribution < -0.4 is 10.0 Å². The van der Waals surface area contributed by atoms with Gasteiger partial charge in [0.1, 0.15) is 4.21 Å². The summed E-state index contributed by atoms with van der Waals surface area (Å²) in [4.78, 5) is 6.57. The van der Waals surface area contributed by atoms with Crippen LogP contribution in [0.1, 0.15) is 17.9 Å². The van der Waals surface area contributed by atoms with Crippen LogP contribution in [0, 0.1) is 0 Å². The van der Waals surface area contributed by atoms with E-state index in [-0.39, 0.29) is 0 Å². The van der Waals surface area contributed by atoms with Gasteiger partial charge in [-0.25, -0.2) is 13.1 Å². The van der Waals surface area contributed by atoms with Crippen molar-refractivity contribution >= 4 is 27.3 Å². The van der Waals surface area contributed by atoms with Gasteiger partial charge in [-0.15, -0.1) is 11.3 Å². The van der Waals surface area contributed by atoms with Crippen molar-refractivity contribution in [3.05, 3.63) is 53.4 Å². The maximum Gasteiger partial charge on any atom is 0.250 e. The van der Waals surface area contributed by atoms with Gasteiger partial charge in [-0.05, 0) is 23.4 Å². The van der Waals surface area contributed by atoms with E-state index in [1.165, 1.54) is 16.9 Å². The zero-order valence-electron chi connectivity index (χ0n) is 14.8. The molecule has 2 N–H and O–H groups in total. The summed E-state index contributed by atoms with van der Waals surface area (Å²) in [5.74, 6) is 1.32. The molecule has 1 atom stereocenters. The Bertz CT molecular complexity index is 820. The Balaban J connectivity index is 1.47. The summed E-state index contributed by atoms with van der Waals surface area (Å²) in [5, 5.41) is 5.01. The third-order valence-corrected chi connectivity index (χ3v) is 7.29. The van der Waals surface area contributed by atoms with E-state index < -0.39 is 10.0 Å². The van der Waals surface area contributed by atoms with Crippen LogP contribution in [-0.4, -0.2) is 52.5 Å². The van der Waals surface area contributed by atoms with Gasteiger partial charge in [0, 0.05) is 39.1 Å². The quantitative estimate of drug-likeness (QED) is 0.449.